The molecular weight excluding hydrogens is 328 g/mol. The Balaban J connectivity index is 2.10. The maximum absolute atomic E-state index is 3.66. The summed E-state index contributed by atoms with van der Waals surface area (Å²) in [5, 5.41) is 1.21. The highest BCUT2D eigenvalue weighted by atomic mass is 15.0. The van der Waals surface area contributed by atoms with Crippen molar-refractivity contribution in [2.75, 3.05) is 0 Å². The largest absolute Gasteiger partial charge is 0.353 e. The first-order valence-electron chi connectivity index (χ1n) is 9.30. The molecule has 1 aliphatic rings. The minimum Gasteiger partial charge on any atom is -0.353 e. The number of allylic oxidation sites excluding steroid dienone is 2. The van der Waals surface area contributed by atoms with E-state index in [0.29, 0.717) is 0 Å². The van der Waals surface area contributed by atoms with Gasteiger partial charge in [-0.1, -0.05) is 66.8 Å². The first-order valence-corrected chi connectivity index (χ1v) is 9.30. The van der Waals surface area contributed by atoms with Gasteiger partial charge in [-0.25, -0.2) is 0 Å². The number of hydrogen-bond acceptors (Lipinski definition) is 0. The molecule has 0 fully saturated rings. The molecule has 0 amide bonds. The lowest BCUT2D eigenvalue weighted by molar-refractivity contribution is 1.08. The average Bonchev–Trinajstić information content (AvgIpc) is 2.95. The highest BCUT2D eigenvalue weighted by Gasteiger charge is 2.11. The molecule has 4 aromatic rings. The van der Waals surface area contributed by atoms with Gasteiger partial charge in [0.1, 0.15) is 0 Å². The fourth-order valence-electron chi connectivity index (χ4n) is 3.77. The van der Waals surface area contributed by atoms with Crippen LogP contribution in [0.25, 0.3) is 39.8 Å². The minimum atomic E-state index is 0.937. The third-order valence-electron chi connectivity index (χ3n) is 5.00. The third kappa shape index (κ3) is 2.76. The third-order valence-corrected chi connectivity index (χ3v) is 5.00. The summed E-state index contributed by atoms with van der Waals surface area (Å²) < 4.78 is 2.35. The first-order chi connectivity index (χ1) is 13.4. The molecule has 1 heterocycles. The summed E-state index contributed by atoms with van der Waals surface area (Å²) in [6.45, 7) is 0. The van der Waals surface area contributed by atoms with E-state index >= 15 is 0 Å². The van der Waals surface area contributed by atoms with Crippen molar-refractivity contribution in [3.63, 3.8) is 0 Å². The van der Waals surface area contributed by atoms with Crippen molar-refractivity contribution in [1.29, 1.82) is 0 Å². The predicted molar refractivity (Wildman–Crippen MR) is 115 cm³/mol. The first kappa shape index (κ1) is 15.7. The van der Waals surface area contributed by atoms with E-state index in [-0.39, 0.29) is 0 Å². The van der Waals surface area contributed by atoms with Crippen molar-refractivity contribution >= 4 is 34.1 Å². The molecule has 1 aliphatic carbocycles. The normalized spacial score (nSPS) is 12.7. The second-order valence-electron chi connectivity index (χ2n) is 6.70. The van der Waals surface area contributed by atoms with Gasteiger partial charge in [0.15, 0.2) is 0 Å². The zero-order chi connectivity index (χ0) is 18.1. The zero-order valence-corrected chi connectivity index (χ0v) is 15.0. The Labute approximate surface area is 158 Å². The predicted octanol–water partition coefficient (Wildman–Crippen LogP) is 6.67. The van der Waals surface area contributed by atoms with Crippen molar-refractivity contribution in [3.8, 4) is 5.69 Å². The number of aromatic amines is 1. The van der Waals surface area contributed by atoms with Crippen LogP contribution in [0.4, 0.5) is 0 Å². The second kappa shape index (κ2) is 6.65. The Morgan fingerprint density at radius 1 is 0.667 bits per heavy atom. The lowest BCUT2D eigenvalue weighted by atomic mass is 10.1. The SMILES string of the molecule is C1=Cc2c(n(-c3ccccc3)c3ccccc3[nH]c3ccccc23)C=CC1. The fourth-order valence-corrected chi connectivity index (χ4v) is 3.77. The van der Waals surface area contributed by atoms with E-state index in [2.05, 4.69) is 113 Å². The number of rotatable bonds is 1. The summed E-state index contributed by atoms with van der Waals surface area (Å²) in [5.74, 6) is 0. The summed E-state index contributed by atoms with van der Waals surface area (Å²) in [4.78, 5) is 3.66. The van der Waals surface area contributed by atoms with Gasteiger partial charge in [-0.3, -0.25) is 0 Å². The highest BCUT2D eigenvalue weighted by molar-refractivity contribution is 5.93. The van der Waals surface area contributed by atoms with Gasteiger partial charge in [-0.15, -0.1) is 0 Å². The summed E-state index contributed by atoms with van der Waals surface area (Å²) in [7, 11) is 0. The molecule has 0 saturated carbocycles. The molecule has 3 aromatic carbocycles. The van der Waals surface area contributed by atoms with Crippen LogP contribution in [0.3, 0.4) is 0 Å². The molecular formula is C25H20N2. The quantitative estimate of drug-likeness (QED) is 0.397. The number of hydrogen-bond donors (Lipinski definition) is 1. The zero-order valence-electron chi connectivity index (χ0n) is 15.0. The minimum absolute atomic E-state index is 0.937. The van der Waals surface area contributed by atoms with Crippen LogP contribution in [0.1, 0.15) is 17.7 Å². The number of fused-ring (bicyclic) bond motifs is 4. The van der Waals surface area contributed by atoms with Gasteiger partial charge in [0.25, 0.3) is 0 Å². The number of benzene rings is 3. The molecule has 0 spiro atoms. The standard InChI is InChI=1S/C25H20N2/c1-3-11-19(12-4-1)27-24-17-6-2-5-14-21(24)20-13-7-8-15-22(20)26-23-16-9-10-18-25(23)27/h1,3-18,26H,2H2. The van der Waals surface area contributed by atoms with E-state index in [1.807, 2.05) is 0 Å². The van der Waals surface area contributed by atoms with Crippen LogP contribution >= 0.6 is 0 Å². The number of para-hydroxylation sites is 4. The summed E-state index contributed by atoms with van der Waals surface area (Å²) in [5.41, 5.74) is 6.94. The number of nitrogens with zero attached hydrogens (tertiary/aromatic N) is 1. The molecule has 2 heteroatoms. The molecule has 0 aliphatic heterocycles. The average molecular weight is 348 g/mol. The van der Waals surface area contributed by atoms with Gasteiger partial charge in [0.05, 0.1) is 16.7 Å². The van der Waals surface area contributed by atoms with Crippen LogP contribution in [-0.2, 0) is 0 Å². The number of nitrogens with one attached hydrogen (secondary N) is 1. The van der Waals surface area contributed by atoms with E-state index in [1.54, 1.807) is 0 Å². The lowest BCUT2D eigenvalue weighted by Gasteiger charge is -2.17. The molecule has 0 bridgehead atoms. The van der Waals surface area contributed by atoms with Crippen LogP contribution in [0.15, 0.2) is 91.0 Å². The maximum Gasteiger partial charge on any atom is 0.0696 e. The molecule has 1 aromatic heterocycles. The van der Waals surface area contributed by atoms with Crippen molar-refractivity contribution < 1.29 is 0 Å². The van der Waals surface area contributed by atoms with Gasteiger partial charge in [-0.2, -0.15) is 0 Å². The number of aromatic nitrogens is 2. The molecule has 0 unspecified atom stereocenters. The topological polar surface area (TPSA) is 20.7 Å². The Bertz CT molecular complexity index is 1240. The van der Waals surface area contributed by atoms with Crippen LogP contribution < -0.4 is 0 Å². The van der Waals surface area contributed by atoms with Crippen LogP contribution in [-0.4, -0.2) is 9.55 Å². The molecule has 1 N–H and O–H groups in total. The Morgan fingerprint density at radius 3 is 2.26 bits per heavy atom. The lowest BCUT2D eigenvalue weighted by Crippen LogP contribution is -2.03. The fraction of sp³-hybridized carbons (Fsp3) is 0.0400. The Kier molecular flexibility index (Phi) is 3.87. The van der Waals surface area contributed by atoms with E-state index in [1.165, 1.54) is 16.6 Å². The summed E-state index contributed by atoms with van der Waals surface area (Å²) in [6.07, 6.45) is 9.90. The number of H-pyrrole nitrogens is 1. The van der Waals surface area contributed by atoms with Crippen LogP contribution in [0.5, 0.6) is 0 Å². The van der Waals surface area contributed by atoms with Gasteiger partial charge in [0, 0.05) is 22.2 Å². The highest BCUT2D eigenvalue weighted by Crippen LogP contribution is 2.29. The maximum atomic E-state index is 3.66. The van der Waals surface area contributed by atoms with Crippen molar-refractivity contribution in [3.05, 3.63) is 102 Å². The van der Waals surface area contributed by atoms with Gasteiger partial charge >= 0.3 is 0 Å². The van der Waals surface area contributed by atoms with E-state index in [9.17, 15) is 0 Å². The molecule has 27 heavy (non-hydrogen) atoms. The monoisotopic (exact) mass is 348 g/mol. The summed E-state index contributed by atoms with van der Waals surface area (Å²) in [6, 6.07) is 27.6. The van der Waals surface area contributed by atoms with Crippen molar-refractivity contribution in [1.82, 2.24) is 9.55 Å². The molecule has 130 valence electrons. The van der Waals surface area contributed by atoms with Crippen molar-refractivity contribution in [2.24, 2.45) is 0 Å². The van der Waals surface area contributed by atoms with E-state index in [4.69, 9.17) is 0 Å². The second-order valence-corrected chi connectivity index (χ2v) is 6.70. The van der Waals surface area contributed by atoms with Crippen molar-refractivity contribution in [2.45, 2.75) is 6.42 Å². The smallest absolute Gasteiger partial charge is 0.0696 e. The molecule has 0 radical (unpaired) electrons. The van der Waals surface area contributed by atoms with Crippen LogP contribution in [0.2, 0.25) is 0 Å². The van der Waals surface area contributed by atoms with Crippen LogP contribution in [0, 0.1) is 0 Å². The van der Waals surface area contributed by atoms with Gasteiger partial charge in [-0.05, 0) is 42.8 Å². The molecule has 0 atom stereocenters. The molecule has 0 saturated heterocycles. The van der Waals surface area contributed by atoms with Gasteiger partial charge in [0.2, 0.25) is 0 Å². The van der Waals surface area contributed by atoms with E-state index < -0.39 is 0 Å². The van der Waals surface area contributed by atoms with E-state index in [0.717, 1.165) is 28.7 Å². The van der Waals surface area contributed by atoms with Gasteiger partial charge < -0.3 is 9.55 Å². The molecule has 2 nitrogen and oxygen atoms in total. The molecule has 5 rings (SSSR count). The summed E-state index contributed by atoms with van der Waals surface area (Å²) >= 11 is 0. The Morgan fingerprint density at radius 2 is 1.37 bits per heavy atom. The Hall–Kier alpha value is -3.52.